The van der Waals surface area contributed by atoms with Gasteiger partial charge in [0.25, 0.3) is 0 Å². The van der Waals surface area contributed by atoms with E-state index in [0.717, 1.165) is 24.2 Å². The average molecular weight is 238 g/mol. The Balaban J connectivity index is 2.14. The standard InChI is InChI=1S/C12H12F2N2O/c1-7-10(8-4-5-8)15-11-9(17-12(13)14)3-2-6-16(7)11/h2-3,6,8,12H,4-5H2,1H3. The molecule has 2 aromatic rings. The monoisotopic (exact) mass is 238 g/mol. The fraction of sp³-hybridized carbons (Fsp3) is 0.417. The fourth-order valence-corrected chi connectivity index (χ4v) is 2.11. The molecule has 0 aliphatic heterocycles. The van der Waals surface area contributed by atoms with Crippen LogP contribution in [0.4, 0.5) is 8.78 Å². The number of fused-ring (bicyclic) bond motifs is 1. The SMILES string of the molecule is Cc1c(C2CC2)nc2c(OC(F)F)cccn12. The van der Waals surface area contributed by atoms with Crippen molar-refractivity contribution < 1.29 is 13.5 Å². The number of aryl methyl sites for hydroxylation is 1. The third-order valence-electron chi connectivity index (χ3n) is 3.07. The van der Waals surface area contributed by atoms with E-state index in [9.17, 15) is 8.78 Å². The fourth-order valence-electron chi connectivity index (χ4n) is 2.11. The minimum Gasteiger partial charge on any atom is -0.431 e. The van der Waals surface area contributed by atoms with Gasteiger partial charge in [-0.2, -0.15) is 8.78 Å². The van der Waals surface area contributed by atoms with Crippen LogP contribution in [0.2, 0.25) is 0 Å². The number of pyridine rings is 1. The van der Waals surface area contributed by atoms with Crippen LogP contribution in [-0.4, -0.2) is 16.0 Å². The number of ether oxygens (including phenoxy) is 1. The van der Waals surface area contributed by atoms with Crippen molar-refractivity contribution in [3.05, 3.63) is 29.7 Å². The molecule has 3 rings (SSSR count). The smallest absolute Gasteiger partial charge is 0.387 e. The molecule has 2 heterocycles. The second kappa shape index (κ2) is 3.68. The summed E-state index contributed by atoms with van der Waals surface area (Å²) in [5.41, 5.74) is 2.50. The zero-order chi connectivity index (χ0) is 12.0. The van der Waals surface area contributed by atoms with Crippen LogP contribution in [-0.2, 0) is 0 Å². The van der Waals surface area contributed by atoms with Gasteiger partial charge in [0.05, 0.1) is 5.69 Å². The molecule has 0 aromatic carbocycles. The number of halogens is 2. The first kappa shape index (κ1) is 10.5. The molecule has 0 unspecified atom stereocenters. The Labute approximate surface area is 97.0 Å². The molecule has 0 spiro atoms. The van der Waals surface area contributed by atoms with E-state index in [-0.39, 0.29) is 5.75 Å². The Bertz CT molecular complexity index is 561. The lowest BCUT2D eigenvalue weighted by molar-refractivity contribution is -0.0491. The molecular weight excluding hydrogens is 226 g/mol. The van der Waals surface area contributed by atoms with E-state index >= 15 is 0 Å². The molecule has 1 fully saturated rings. The molecule has 0 N–H and O–H groups in total. The first-order chi connectivity index (χ1) is 8.16. The van der Waals surface area contributed by atoms with Gasteiger partial charge in [-0.1, -0.05) is 0 Å². The summed E-state index contributed by atoms with van der Waals surface area (Å²) in [4.78, 5) is 4.43. The lowest BCUT2D eigenvalue weighted by atomic mass is 10.2. The van der Waals surface area contributed by atoms with Crippen LogP contribution in [0.1, 0.15) is 30.1 Å². The molecular formula is C12H12F2N2O. The molecule has 2 aromatic heterocycles. The highest BCUT2D eigenvalue weighted by Gasteiger charge is 2.29. The number of hydrogen-bond donors (Lipinski definition) is 0. The van der Waals surface area contributed by atoms with Crippen LogP contribution in [0.15, 0.2) is 18.3 Å². The summed E-state index contributed by atoms with van der Waals surface area (Å²) in [5.74, 6) is 0.631. The highest BCUT2D eigenvalue weighted by molar-refractivity contribution is 5.56. The van der Waals surface area contributed by atoms with Gasteiger partial charge in [0.2, 0.25) is 0 Å². The van der Waals surface area contributed by atoms with E-state index in [1.54, 1.807) is 6.07 Å². The van der Waals surface area contributed by atoms with Crippen LogP contribution in [0.3, 0.4) is 0 Å². The van der Waals surface area contributed by atoms with Gasteiger partial charge in [-0.15, -0.1) is 0 Å². The summed E-state index contributed by atoms with van der Waals surface area (Å²) in [6.07, 6.45) is 4.09. The maximum atomic E-state index is 12.3. The van der Waals surface area contributed by atoms with Crippen molar-refractivity contribution in [2.24, 2.45) is 0 Å². The molecule has 90 valence electrons. The molecule has 5 heteroatoms. The molecule has 17 heavy (non-hydrogen) atoms. The van der Waals surface area contributed by atoms with Gasteiger partial charge >= 0.3 is 6.61 Å². The number of rotatable bonds is 3. The Morgan fingerprint density at radius 1 is 1.47 bits per heavy atom. The summed E-state index contributed by atoms with van der Waals surface area (Å²) in [7, 11) is 0. The van der Waals surface area contributed by atoms with E-state index in [0.29, 0.717) is 11.6 Å². The second-order valence-corrected chi connectivity index (χ2v) is 4.30. The van der Waals surface area contributed by atoms with Gasteiger partial charge in [0, 0.05) is 17.8 Å². The minimum absolute atomic E-state index is 0.137. The molecule has 0 atom stereocenters. The zero-order valence-corrected chi connectivity index (χ0v) is 9.36. The first-order valence-corrected chi connectivity index (χ1v) is 5.59. The molecule has 3 nitrogen and oxygen atoms in total. The average Bonchev–Trinajstić information content (AvgIpc) is 3.05. The van der Waals surface area contributed by atoms with Crippen LogP contribution in [0.5, 0.6) is 5.75 Å². The predicted octanol–water partition coefficient (Wildman–Crippen LogP) is 3.12. The van der Waals surface area contributed by atoms with Gasteiger partial charge in [-0.25, -0.2) is 4.98 Å². The van der Waals surface area contributed by atoms with Gasteiger partial charge < -0.3 is 9.14 Å². The molecule has 1 aliphatic carbocycles. The van der Waals surface area contributed by atoms with Gasteiger partial charge in [-0.05, 0) is 31.9 Å². The first-order valence-electron chi connectivity index (χ1n) is 5.59. The number of alkyl halides is 2. The van der Waals surface area contributed by atoms with Gasteiger partial charge in [0.1, 0.15) is 0 Å². The largest absolute Gasteiger partial charge is 0.431 e. The van der Waals surface area contributed by atoms with Crippen molar-refractivity contribution in [2.45, 2.75) is 32.3 Å². The summed E-state index contributed by atoms with van der Waals surface area (Å²) >= 11 is 0. The van der Waals surface area contributed by atoms with Crippen molar-refractivity contribution in [3.63, 3.8) is 0 Å². The molecule has 0 radical (unpaired) electrons. The van der Waals surface area contributed by atoms with E-state index in [1.807, 2.05) is 17.5 Å². The Morgan fingerprint density at radius 3 is 2.88 bits per heavy atom. The number of nitrogens with zero attached hydrogens (tertiary/aromatic N) is 2. The van der Waals surface area contributed by atoms with Crippen molar-refractivity contribution in [1.29, 1.82) is 0 Å². The summed E-state index contributed by atoms with van der Waals surface area (Å²) < 4.78 is 30.8. The van der Waals surface area contributed by atoms with Crippen LogP contribution >= 0.6 is 0 Å². The summed E-state index contributed by atoms with van der Waals surface area (Å²) in [5, 5.41) is 0. The van der Waals surface area contributed by atoms with Crippen LogP contribution in [0.25, 0.3) is 5.65 Å². The van der Waals surface area contributed by atoms with E-state index in [2.05, 4.69) is 9.72 Å². The molecule has 1 saturated carbocycles. The highest BCUT2D eigenvalue weighted by Crippen LogP contribution is 2.41. The summed E-state index contributed by atoms with van der Waals surface area (Å²) in [6.45, 7) is -0.859. The van der Waals surface area contributed by atoms with E-state index < -0.39 is 6.61 Å². The third kappa shape index (κ3) is 1.75. The zero-order valence-electron chi connectivity index (χ0n) is 9.36. The lowest BCUT2D eigenvalue weighted by Gasteiger charge is -2.05. The van der Waals surface area contributed by atoms with Crippen molar-refractivity contribution >= 4 is 5.65 Å². The van der Waals surface area contributed by atoms with E-state index in [1.165, 1.54) is 6.07 Å². The predicted molar refractivity (Wildman–Crippen MR) is 58.5 cm³/mol. The molecule has 1 aliphatic rings. The van der Waals surface area contributed by atoms with Crippen molar-refractivity contribution in [1.82, 2.24) is 9.38 Å². The highest BCUT2D eigenvalue weighted by atomic mass is 19.3. The Morgan fingerprint density at radius 2 is 2.24 bits per heavy atom. The van der Waals surface area contributed by atoms with Crippen molar-refractivity contribution in [2.75, 3.05) is 0 Å². The number of aromatic nitrogens is 2. The maximum absolute atomic E-state index is 12.3. The number of hydrogen-bond acceptors (Lipinski definition) is 2. The molecule has 0 saturated heterocycles. The summed E-state index contributed by atoms with van der Waals surface area (Å²) in [6, 6.07) is 3.21. The second-order valence-electron chi connectivity index (χ2n) is 4.30. The molecule has 0 bridgehead atoms. The topological polar surface area (TPSA) is 26.5 Å². The number of imidazole rings is 1. The van der Waals surface area contributed by atoms with E-state index in [4.69, 9.17) is 0 Å². The van der Waals surface area contributed by atoms with Crippen LogP contribution < -0.4 is 4.74 Å². The lowest BCUT2D eigenvalue weighted by Crippen LogP contribution is -2.03. The normalized spacial score (nSPS) is 15.8. The van der Waals surface area contributed by atoms with Gasteiger partial charge in [0.15, 0.2) is 11.4 Å². The quantitative estimate of drug-likeness (QED) is 0.821. The Hall–Kier alpha value is -1.65. The minimum atomic E-state index is -2.82. The maximum Gasteiger partial charge on any atom is 0.387 e. The van der Waals surface area contributed by atoms with Crippen LogP contribution in [0, 0.1) is 6.92 Å². The third-order valence-corrected chi connectivity index (χ3v) is 3.07. The molecule has 0 amide bonds. The Kier molecular flexibility index (Phi) is 2.28. The van der Waals surface area contributed by atoms with Crippen molar-refractivity contribution in [3.8, 4) is 5.75 Å². The van der Waals surface area contributed by atoms with Gasteiger partial charge in [-0.3, -0.25) is 0 Å².